The smallest absolute Gasteiger partial charge is 0.242 e. The molecule has 162 valence electrons. The minimum atomic E-state index is -0.454. The van der Waals surface area contributed by atoms with Crippen LogP contribution in [0.4, 0.5) is 0 Å². The van der Waals surface area contributed by atoms with Gasteiger partial charge in [-0.25, -0.2) is 0 Å². The van der Waals surface area contributed by atoms with Crippen molar-refractivity contribution < 1.29 is 9.59 Å². The zero-order chi connectivity index (χ0) is 21.9. The average molecular weight is 427 g/mol. The molecule has 2 aromatic carbocycles. The molecule has 2 amide bonds. The van der Waals surface area contributed by atoms with Crippen molar-refractivity contribution in [3.63, 3.8) is 0 Å². The Kier molecular flexibility index (Phi) is 9.95. The fourth-order valence-electron chi connectivity index (χ4n) is 3.32. The molecule has 0 spiro atoms. The van der Waals surface area contributed by atoms with Crippen LogP contribution in [0.25, 0.3) is 0 Å². The fourth-order valence-corrected chi connectivity index (χ4v) is 4.19. The van der Waals surface area contributed by atoms with Crippen LogP contribution in [0.15, 0.2) is 48.5 Å². The third-order valence-electron chi connectivity index (χ3n) is 4.99. The Morgan fingerprint density at radius 1 is 1.00 bits per heavy atom. The quantitative estimate of drug-likeness (QED) is 0.558. The van der Waals surface area contributed by atoms with Crippen molar-refractivity contribution in [1.29, 1.82) is 0 Å². The van der Waals surface area contributed by atoms with Crippen LogP contribution in [0, 0.1) is 13.8 Å². The topological polar surface area (TPSA) is 49.4 Å². The molecular weight excluding hydrogens is 392 g/mol. The monoisotopic (exact) mass is 426 g/mol. The van der Waals surface area contributed by atoms with Crippen LogP contribution >= 0.6 is 11.8 Å². The van der Waals surface area contributed by atoms with Crippen molar-refractivity contribution in [2.75, 3.05) is 12.3 Å². The summed E-state index contributed by atoms with van der Waals surface area (Å²) in [5.74, 6) is 1.08. The van der Waals surface area contributed by atoms with E-state index in [1.807, 2.05) is 39.0 Å². The molecule has 1 N–H and O–H groups in total. The maximum atomic E-state index is 13.2. The van der Waals surface area contributed by atoms with E-state index in [4.69, 9.17) is 0 Å². The number of nitrogens with zero attached hydrogens (tertiary/aromatic N) is 1. The summed E-state index contributed by atoms with van der Waals surface area (Å²) in [4.78, 5) is 27.7. The third-order valence-corrected chi connectivity index (χ3v) is 5.97. The maximum Gasteiger partial charge on any atom is 0.242 e. The molecule has 1 atom stereocenters. The Labute approximate surface area is 185 Å². The zero-order valence-electron chi connectivity index (χ0n) is 18.6. The highest BCUT2D eigenvalue weighted by molar-refractivity contribution is 7.99. The molecule has 0 aliphatic carbocycles. The second-order valence-corrected chi connectivity index (χ2v) is 8.69. The van der Waals surface area contributed by atoms with Gasteiger partial charge in [-0.1, -0.05) is 73.5 Å². The van der Waals surface area contributed by atoms with E-state index in [9.17, 15) is 9.59 Å². The molecule has 0 aliphatic heterocycles. The Balaban J connectivity index is 2.10. The number of rotatable bonds is 11. The van der Waals surface area contributed by atoms with Gasteiger partial charge in [-0.2, -0.15) is 0 Å². The summed E-state index contributed by atoms with van der Waals surface area (Å²) in [6, 6.07) is 16.1. The molecule has 0 heterocycles. The van der Waals surface area contributed by atoms with Crippen molar-refractivity contribution in [1.82, 2.24) is 10.2 Å². The number of thioether (sulfide) groups is 1. The molecule has 4 nitrogen and oxygen atoms in total. The van der Waals surface area contributed by atoms with Crippen molar-refractivity contribution >= 4 is 23.6 Å². The molecule has 0 aliphatic rings. The predicted molar refractivity (Wildman–Crippen MR) is 126 cm³/mol. The van der Waals surface area contributed by atoms with E-state index in [1.54, 1.807) is 16.7 Å². The third kappa shape index (κ3) is 7.52. The van der Waals surface area contributed by atoms with Crippen LogP contribution in [0.1, 0.15) is 48.9 Å². The molecule has 2 aromatic rings. The number of nitrogens with one attached hydrogen (secondary N) is 1. The summed E-state index contributed by atoms with van der Waals surface area (Å²) < 4.78 is 0. The van der Waals surface area contributed by atoms with Gasteiger partial charge in [-0.05, 0) is 37.8 Å². The van der Waals surface area contributed by atoms with E-state index >= 15 is 0 Å². The lowest BCUT2D eigenvalue weighted by molar-refractivity contribution is -0.139. The SMILES string of the molecule is CCCNC(=O)[C@H](CC)N(Cc1cccc(C)c1)C(=O)CSCc1ccc(C)cc1. The van der Waals surface area contributed by atoms with E-state index in [2.05, 4.69) is 42.6 Å². The first kappa shape index (κ1) is 24.0. The van der Waals surface area contributed by atoms with Gasteiger partial charge >= 0.3 is 0 Å². The van der Waals surface area contributed by atoms with Gasteiger partial charge in [0.15, 0.2) is 0 Å². The number of carbonyl (C=O) groups is 2. The van der Waals surface area contributed by atoms with Gasteiger partial charge in [0.05, 0.1) is 5.75 Å². The number of aryl methyl sites for hydroxylation is 2. The molecule has 2 rings (SSSR count). The van der Waals surface area contributed by atoms with Crippen LogP contribution in [0.3, 0.4) is 0 Å². The molecule has 0 unspecified atom stereocenters. The molecule has 0 saturated heterocycles. The van der Waals surface area contributed by atoms with Gasteiger partial charge < -0.3 is 10.2 Å². The largest absolute Gasteiger partial charge is 0.354 e. The molecule has 0 saturated carbocycles. The highest BCUT2D eigenvalue weighted by Gasteiger charge is 2.28. The van der Waals surface area contributed by atoms with Crippen LogP contribution in [-0.2, 0) is 21.9 Å². The minimum absolute atomic E-state index is 0.00659. The number of hydrogen-bond donors (Lipinski definition) is 1. The lowest BCUT2D eigenvalue weighted by Gasteiger charge is -2.30. The molecule has 30 heavy (non-hydrogen) atoms. The van der Waals surface area contributed by atoms with Crippen LogP contribution in [0.5, 0.6) is 0 Å². The van der Waals surface area contributed by atoms with E-state index in [0.29, 0.717) is 25.3 Å². The van der Waals surface area contributed by atoms with Gasteiger partial charge in [0.2, 0.25) is 11.8 Å². The van der Waals surface area contributed by atoms with E-state index in [-0.39, 0.29) is 11.8 Å². The first-order valence-electron chi connectivity index (χ1n) is 10.7. The van der Waals surface area contributed by atoms with Gasteiger partial charge in [-0.3, -0.25) is 9.59 Å². The molecular formula is C25H34N2O2S. The summed E-state index contributed by atoms with van der Waals surface area (Å²) in [7, 11) is 0. The van der Waals surface area contributed by atoms with E-state index in [0.717, 1.165) is 23.3 Å². The number of carbonyl (C=O) groups excluding carboxylic acids is 2. The molecule has 5 heteroatoms. The molecule has 0 radical (unpaired) electrons. The Morgan fingerprint density at radius 3 is 2.37 bits per heavy atom. The van der Waals surface area contributed by atoms with Gasteiger partial charge in [0, 0.05) is 18.8 Å². The number of amides is 2. The standard InChI is InChI=1S/C25H34N2O2S/c1-5-14-26-25(29)23(6-2)27(16-22-9-7-8-20(4)15-22)24(28)18-30-17-21-12-10-19(3)11-13-21/h7-13,15,23H,5-6,14,16-18H2,1-4H3,(H,26,29)/t23-/m0/s1. The summed E-state index contributed by atoms with van der Waals surface area (Å²) in [6.45, 7) is 9.18. The summed E-state index contributed by atoms with van der Waals surface area (Å²) in [6.07, 6.45) is 1.47. The van der Waals surface area contributed by atoms with Crippen LogP contribution in [-0.4, -0.2) is 35.1 Å². The summed E-state index contributed by atoms with van der Waals surface area (Å²) in [5.41, 5.74) is 4.63. The summed E-state index contributed by atoms with van der Waals surface area (Å²) in [5, 5.41) is 2.96. The van der Waals surface area contributed by atoms with Gasteiger partial charge in [0.25, 0.3) is 0 Å². The van der Waals surface area contributed by atoms with Crippen molar-refractivity contribution in [2.45, 2.75) is 58.9 Å². The van der Waals surface area contributed by atoms with Crippen molar-refractivity contribution in [3.05, 3.63) is 70.8 Å². The average Bonchev–Trinajstić information content (AvgIpc) is 2.73. The Morgan fingerprint density at radius 2 is 1.73 bits per heavy atom. The van der Waals surface area contributed by atoms with Gasteiger partial charge in [0.1, 0.15) is 6.04 Å². The second-order valence-electron chi connectivity index (χ2n) is 7.70. The highest BCUT2D eigenvalue weighted by Crippen LogP contribution is 2.18. The van der Waals surface area contributed by atoms with E-state index in [1.165, 1.54) is 11.1 Å². The molecule has 0 bridgehead atoms. The van der Waals surface area contributed by atoms with E-state index < -0.39 is 6.04 Å². The van der Waals surface area contributed by atoms with Crippen LogP contribution < -0.4 is 5.32 Å². The number of hydrogen-bond acceptors (Lipinski definition) is 3. The van der Waals surface area contributed by atoms with Gasteiger partial charge in [-0.15, -0.1) is 11.8 Å². The second kappa shape index (κ2) is 12.4. The first-order valence-corrected chi connectivity index (χ1v) is 11.9. The Hall–Kier alpha value is -2.27. The lowest BCUT2D eigenvalue weighted by atomic mass is 10.1. The lowest BCUT2D eigenvalue weighted by Crippen LogP contribution is -2.49. The fraction of sp³-hybridized carbons (Fsp3) is 0.440. The first-order chi connectivity index (χ1) is 14.4. The minimum Gasteiger partial charge on any atom is -0.354 e. The normalized spacial score (nSPS) is 11.7. The maximum absolute atomic E-state index is 13.2. The molecule has 0 aromatic heterocycles. The van der Waals surface area contributed by atoms with Crippen LogP contribution in [0.2, 0.25) is 0 Å². The zero-order valence-corrected chi connectivity index (χ0v) is 19.4. The molecule has 0 fully saturated rings. The number of benzene rings is 2. The summed E-state index contributed by atoms with van der Waals surface area (Å²) >= 11 is 1.60. The Bertz CT molecular complexity index is 820. The predicted octanol–water partition coefficient (Wildman–Crippen LogP) is 4.87. The van der Waals surface area contributed by atoms with Crippen molar-refractivity contribution in [3.8, 4) is 0 Å². The van der Waals surface area contributed by atoms with Crippen molar-refractivity contribution in [2.24, 2.45) is 0 Å². The highest BCUT2D eigenvalue weighted by atomic mass is 32.2.